The van der Waals surface area contributed by atoms with E-state index < -0.39 is 0 Å². The van der Waals surface area contributed by atoms with Crippen molar-refractivity contribution in [3.8, 4) is 0 Å². The number of benzene rings is 1. The summed E-state index contributed by atoms with van der Waals surface area (Å²) in [5.74, 6) is 0.417. The van der Waals surface area contributed by atoms with E-state index in [9.17, 15) is 9.59 Å². The number of piperidine rings is 1. The average molecular weight is 313 g/mol. The van der Waals surface area contributed by atoms with Gasteiger partial charge in [-0.05, 0) is 37.1 Å². The summed E-state index contributed by atoms with van der Waals surface area (Å²) in [4.78, 5) is 26.0. The lowest BCUT2D eigenvalue weighted by atomic mass is 10.1. The van der Waals surface area contributed by atoms with Gasteiger partial charge in [0.25, 0.3) is 5.91 Å². The van der Waals surface area contributed by atoms with Crippen LogP contribution in [0, 0.1) is 0 Å². The van der Waals surface area contributed by atoms with Crippen molar-refractivity contribution in [3.63, 3.8) is 0 Å². The van der Waals surface area contributed by atoms with Crippen LogP contribution in [0.5, 0.6) is 0 Å². The molecule has 0 unspecified atom stereocenters. The first-order valence-electron chi connectivity index (χ1n) is 7.66. The molecule has 23 heavy (non-hydrogen) atoms. The number of anilines is 2. The van der Waals surface area contributed by atoms with Crippen molar-refractivity contribution < 1.29 is 14.0 Å². The van der Waals surface area contributed by atoms with Gasteiger partial charge in [-0.2, -0.15) is 0 Å². The number of carbonyl (C=O) groups excluding carboxylic acids is 2. The monoisotopic (exact) mass is 313 g/mol. The summed E-state index contributed by atoms with van der Waals surface area (Å²) in [6.45, 7) is 0.970. The van der Waals surface area contributed by atoms with Crippen molar-refractivity contribution >= 4 is 23.2 Å². The molecule has 0 radical (unpaired) electrons. The molecule has 6 heteroatoms. The maximum atomic E-state index is 12.2. The first-order chi connectivity index (χ1) is 11.2. The van der Waals surface area contributed by atoms with E-state index in [0.717, 1.165) is 25.1 Å². The Labute approximate surface area is 134 Å². The van der Waals surface area contributed by atoms with Crippen LogP contribution in [0.1, 0.15) is 35.4 Å². The van der Waals surface area contributed by atoms with E-state index in [4.69, 9.17) is 10.2 Å². The Balaban J connectivity index is 1.74. The molecule has 0 saturated carbocycles. The summed E-state index contributed by atoms with van der Waals surface area (Å²) >= 11 is 0. The number of nitrogens with zero attached hydrogens (tertiary/aromatic N) is 1. The van der Waals surface area contributed by atoms with E-state index in [2.05, 4.69) is 5.32 Å². The van der Waals surface area contributed by atoms with Gasteiger partial charge in [-0.3, -0.25) is 9.59 Å². The molecule has 120 valence electrons. The first kappa shape index (κ1) is 15.3. The van der Waals surface area contributed by atoms with Crippen LogP contribution in [0.2, 0.25) is 0 Å². The molecule has 1 aliphatic rings. The van der Waals surface area contributed by atoms with E-state index in [1.165, 1.54) is 6.26 Å². The Morgan fingerprint density at radius 3 is 2.91 bits per heavy atom. The van der Waals surface area contributed by atoms with Gasteiger partial charge in [0.1, 0.15) is 12.0 Å². The molecule has 0 aliphatic carbocycles. The van der Waals surface area contributed by atoms with Gasteiger partial charge in [-0.1, -0.05) is 6.07 Å². The third kappa shape index (κ3) is 3.43. The summed E-state index contributed by atoms with van der Waals surface area (Å²) in [7, 11) is 0. The average Bonchev–Trinajstić information content (AvgIpc) is 3.05. The summed E-state index contributed by atoms with van der Waals surface area (Å²) in [6.07, 6.45) is 3.90. The second kappa shape index (κ2) is 6.66. The molecular formula is C17H19N3O3. The molecule has 2 amide bonds. The molecule has 3 rings (SSSR count). The van der Waals surface area contributed by atoms with Gasteiger partial charge >= 0.3 is 0 Å². The van der Waals surface area contributed by atoms with Crippen molar-refractivity contribution in [1.29, 1.82) is 0 Å². The van der Waals surface area contributed by atoms with Crippen LogP contribution in [0.25, 0.3) is 0 Å². The van der Waals surface area contributed by atoms with E-state index in [1.54, 1.807) is 17.0 Å². The number of carbonyl (C=O) groups is 2. The highest BCUT2D eigenvalue weighted by molar-refractivity contribution is 6.04. The molecule has 1 fully saturated rings. The van der Waals surface area contributed by atoms with Crippen molar-refractivity contribution in [3.05, 3.63) is 47.9 Å². The lowest BCUT2D eigenvalue weighted by Crippen LogP contribution is -2.35. The standard InChI is InChI=1S/C17H19N3O3/c18-10-15-8-12(11-23-15)17(22)19-13-4-3-5-14(9-13)20-7-2-1-6-16(20)21/h3-5,8-9,11H,1-2,6-7,10,18H2,(H,19,22). The number of hydrogen-bond donors (Lipinski definition) is 2. The van der Waals surface area contributed by atoms with Gasteiger partial charge in [0.2, 0.25) is 5.91 Å². The van der Waals surface area contributed by atoms with E-state index in [-0.39, 0.29) is 18.4 Å². The third-order valence-electron chi connectivity index (χ3n) is 3.86. The minimum Gasteiger partial charge on any atom is -0.467 e. The largest absolute Gasteiger partial charge is 0.467 e. The Hall–Kier alpha value is -2.60. The maximum Gasteiger partial charge on any atom is 0.258 e. The number of furan rings is 1. The highest BCUT2D eigenvalue weighted by atomic mass is 16.3. The van der Waals surface area contributed by atoms with Gasteiger partial charge in [-0.25, -0.2) is 0 Å². The first-order valence-corrected chi connectivity index (χ1v) is 7.66. The summed E-state index contributed by atoms with van der Waals surface area (Å²) < 4.78 is 5.17. The SMILES string of the molecule is NCc1cc(C(=O)Nc2cccc(N3CCCCC3=O)c2)co1. The minimum atomic E-state index is -0.268. The number of nitrogens with one attached hydrogen (secondary N) is 1. The number of rotatable bonds is 4. The molecule has 1 aromatic heterocycles. The van der Waals surface area contributed by atoms with Crippen LogP contribution in [0.4, 0.5) is 11.4 Å². The van der Waals surface area contributed by atoms with Gasteiger partial charge < -0.3 is 20.4 Å². The van der Waals surface area contributed by atoms with Crippen LogP contribution >= 0.6 is 0 Å². The molecule has 2 aromatic rings. The topological polar surface area (TPSA) is 88.6 Å². The summed E-state index contributed by atoms with van der Waals surface area (Å²) in [5.41, 5.74) is 7.34. The highest BCUT2D eigenvalue weighted by Crippen LogP contribution is 2.24. The number of amides is 2. The van der Waals surface area contributed by atoms with Gasteiger partial charge in [-0.15, -0.1) is 0 Å². The molecule has 0 spiro atoms. The summed E-state index contributed by atoms with van der Waals surface area (Å²) in [5, 5.41) is 2.81. The third-order valence-corrected chi connectivity index (χ3v) is 3.86. The van der Waals surface area contributed by atoms with Crippen molar-refractivity contribution in [1.82, 2.24) is 0 Å². The molecule has 3 N–H and O–H groups in total. The van der Waals surface area contributed by atoms with Crippen LogP contribution < -0.4 is 16.0 Å². The number of nitrogens with two attached hydrogens (primary N) is 1. The second-order valence-electron chi connectivity index (χ2n) is 5.51. The minimum absolute atomic E-state index is 0.127. The maximum absolute atomic E-state index is 12.2. The van der Waals surface area contributed by atoms with Crippen molar-refractivity contribution in [2.45, 2.75) is 25.8 Å². The van der Waals surface area contributed by atoms with Crippen molar-refractivity contribution in [2.24, 2.45) is 5.73 Å². The Morgan fingerprint density at radius 2 is 2.17 bits per heavy atom. The second-order valence-corrected chi connectivity index (χ2v) is 5.51. The molecule has 1 aliphatic heterocycles. The zero-order valence-electron chi connectivity index (χ0n) is 12.7. The van der Waals surface area contributed by atoms with E-state index >= 15 is 0 Å². The van der Waals surface area contributed by atoms with Gasteiger partial charge in [0.15, 0.2) is 0 Å². The normalized spacial score (nSPS) is 14.8. The lowest BCUT2D eigenvalue weighted by Gasteiger charge is -2.27. The predicted molar refractivity (Wildman–Crippen MR) is 87.2 cm³/mol. The molecule has 0 atom stereocenters. The van der Waals surface area contributed by atoms with Crippen LogP contribution in [-0.4, -0.2) is 18.4 Å². The van der Waals surface area contributed by atoms with Crippen LogP contribution in [0.15, 0.2) is 41.0 Å². The van der Waals surface area contributed by atoms with Gasteiger partial charge in [0, 0.05) is 24.3 Å². The fraction of sp³-hybridized carbons (Fsp3) is 0.294. The van der Waals surface area contributed by atoms with Crippen LogP contribution in [-0.2, 0) is 11.3 Å². The van der Waals surface area contributed by atoms with Gasteiger partial charge in [0.05, 0.1) is 12.1 Å². The molecule has 1 aromatic carbocycles. The molecule has 6 nitrogen and oxygen atoms in total. The zero-order chi connectivity index (χ0) is 16.2. The molecule has 1 saturated heterocycles. The Kier molecular flexibility index (Phi) is 4.43. The molecule has 0 bridgehead atoms. The smallest absolute Gasteiger partial charge is 0.258 e. The fourth-order valence-corrected chi connectivity index (χ4v) is 2.64. The van der Waals surface area contributed by atoms with Crippen molar-refractivity contribution in [2.75, 3.05) is 16.8 Å². The quantitative estimate of drug-likeness (QED) is 0.907. The lowest BCUT2D eigenvalue weighted by molar-refractivity contribution is -0.119. The van der Waals surface area contributed by atoms with Crippen LogP contribution in [0.3, 0.4) is 0 Å². The van der Waals surface area contributed by atoms with E-state index in [0.29, 0.717) is 23.4 Å². The fourth-order valence-electron chi connectivity index (χ4n) is 2.64. The Morgan fingerprint density at radius 1 is 1.30 bits per heavy atom. The highest BCUT2D eigenvalue weighted by Gasteiger charge is 2.20. The predicted octanol–water partition coefficient (Wildman–Crippen LogP) is 2.51. The zero-order valence-corrected chi connectivity index (χ0v) is 12.7. The Bertz CT molecular complexity index is 723. The summed E-state index contributed by atoms with van der Waals surface area (Å²) in [6, 6.07) is 8.93. The molecular weight excluding hydrogens is 294 g/mol. The number of hydrogen-bond acceptors (Lipinski definition) is 4. The van der Waals surface area contributed by atoms with E-state index in [1.807, 2.05) is 18.2 Å². The molecule has 2 heterocycles.